The molecule has 0 saturated heterocycles. The van der Waals surface area contributed by atoms with Crippen LogP contribution in [0.15, 0.2) is 0 Å². The maximum Gasteiger partial charge on any atom is 0.309 e. The Kier molecular flexibility index (Phi) is 4.18. The van der Waals surface area contributed by atoms with Gasteiger partial charge in [0, 0.05) is 0 Å². The Morgan fingerprint density at radius 2 is 2.20 bits per heavy atom. The Balaban J connectivity index is 2.77. The minimum Gasteiger partial charge on any atom is -0.481 e. The average Bonchev–Trinajstić information content (AvgIpc) is 2.63. The molecule has 1 fully saturated rings. The first-order valence-electron chi connectivity index (χ1n) is 6.30. The van der Waals surface area contributed by atoms with Gasteiger partial charge in [0.1, 0.15) is 0 Å². The van der Waals surface area contributed by atoms with E-state index in [0.717, 1.165) is 38.5 Å². The number of carboxylic acids is 1. The first-order chi connectivity index (χ1) is 7.06. The van der Waals surface area contributed by atoms with E-state index < -0.39 is 11.4 Å². The zero-order chi connectivity index (χ0) is 11.5. The summed E-state index contributed by atoms with van der Waals surface area (Å²) < 4.78 is 0. The molecule has 0 aliphatic heterocycles. The Bertz CT molecular complexity index is 225. The summed E-state index contributed by atoms with van der Waals surface area (Å²) in [5, 5.41) is 9.47. The van der Waals surface area contributed by atoms with Gasteiger partial charge in [-0.2, -0.15) is 0 Å². The largest absolute Gasteiger partial charge is 0.481 e. The molecule has 2 nitrogen and oxygen atoms in total. The second-order valence-electron chi connectivity index (χ2n) is 5.17. The molecule has 0 bridgehead atoms. The topological polar surface area (TPSA) is 37.3 Å². The molecule has 0 amide bonds. The van der Waals surface area contributed by atoms with Gasteiger partial charge in [0.2, 0.25) is 0 Å². The smallest absolute Gasteiger partial charge is 0.309 e. The van der Waals surface area contributed by atoms with Crippen LogP contribution < -0.4 is 0 Å². The fraction of sp³-hybridized carbons (Fsp3) is 0.923. The molecule has 1 aliphatic rings. The third-order valence-electron chi connectivity index (χ3n) is 4.32. The van der Waals surface area contributed by atoms with Gasteiger partial charge >= 0.3 is 5.97 Å². The normalized spacial score (nSPS) is 32.9. The van der Waals surface area contributed by atoms with Crippen molar-refractivity contribution in [2.24, 2.45) is 17.3 Å². The van der Waals surface area contributed by atoms with E-state index >= 15 is 0 Å². The number of carbonyl (C=O) groups is 1. The minimum atomic E-state index is -0.556. The molecule has 0 aromatic rings. The van der Waals surface area contributed by atoms with E-state index in [1.54, 1.807) is 0 Å². The molecule has 0 spiro atoms. The molecule has 1 N–H and O–H groups in total. The van der Waals surface area contributed by atoms with E-state index in [4.69, 9.17) is 0 Å². The molecule has 0 radical (unpaired) electrons. The third-order valence-corrected chi connectivity index (χ3v) is 4.32. The zero-order valence-electron chi connectivity index (χ0n) is 10.3. The predicted octanol–water partition coefficient (Wildman–Crippen LogP) is 3.70. The maximum absolute atomic E-state index is 11.5. The van der Waals surface area contributed by atoms with Gasteiger partial charge in [-0.1, -0.05) is 33.6 Å². The Labute approximate surface area is 93.1 Å². The van der Waals surface area contributed by atoms with Crippen LogP contribution in [0.3, 0.4) is 0 Å². The van der Waals surface area contributed by atoms with Gasteiger partial charge in [0.15, 0.2) is 0 Å². The van der Waals surface area contributed by atoms with Crippen molar-refractivity contribution in [1.29, 1.82) is 0 Å². The van der Waals surface area contributed by atoms with E-state index in [1.165, 1.54) is 0 Å². The van der Waals surface area contributed by atoms with Gasteiger partial charge in [-0.15, -0.1) is 0 Å². The molecule has 2 heteroatoms. The first kappa shape index (κ1) is 12.5. The van der Waals surface area contributed by atoms with Crippen LogP contribution in [0.5, 0.6) is 0 Å². The predicted molar refractivity (Wildman–Crippen MR) is 61.8 cm³/mol. The molecule has 1 saturated carbocycles. The molecule has 3 atom stereocenters. The highest BCUT2D eigenvalue weighted by atomic mass is 16.4. The molecule has 0 aromatic carbocycles. The van der Waals surface area contributed by atoms with E-state index in [0.29, 0.717) is 11.8 Å². The van der Waals surface area contributed by atoms with Gasteiger partial charge in [-0.05, 0) is 37.5 Å². The van der Waals surface area contributed by atoms with Crippen molar-refractivity contribution < 1.29 is 9.90 Å². The van der Waals surface area contributed by atoms with Crippen molar-refractivity contribution in [3.05, 3.63) is 0 Å². The average molecular weight is 212 g/mol. The van der Waals surface area contributed by atoms with Crippen LogP contribution in [-0.4, -0.2) is 11.1 Å². The fourth-order valence-electron chi connectivity index (χ4n) is 3.09. The molecular formula is C13H24O2. The Morgan fingerprint density at radius 1 is 1.53 bits per heavy atom. The van der Waals surface area contributed by atoms with E-state index in [9.17, 15) is 9.90 Å². The molecule has 88 valence electrons. The van der Waals surface area contributed by atoms with Gasteiger partial charge in [-0.3, -0.25) is 4.79 Å². The molecule has 1 aliphatic carbocycles. The van der Waals surface area contributed by atoms with Crippen molar-refractivity contribution >= 4 is 5.97 Å². The van der Waals surface area contributed by atoms with Crippen LogP contribution in [0.25, 0.3) is 0 Å². The summed E-state index contributed by atoms with van der Waals surface area (Å²) in [4.78, 5) is 11.5. The van der Waals surface area contributed by atoms with E-state index in [2.05, 4.69) is 20.8 Å². The van der Waals surface area contributed by atoms with Crippen molar-refractivity contribution in [3.63, 3.8) is 0 Å². The summed E-state index contributed by atoms with van der Waals surface area (Å²) in [5.41, 5.74) is -0.406. The van der Waals surface area contributed by atoms with Crippen LogP contribution in [0.4, 0.5) is 0 Å². The Morgan fingerprint density at radius 3 is 2.60 bits per heavy atom. The van der Waals surface area contributed by atoms with Crippen molar-refractivity contribution in [1.82, 2.24) is 0 Å². The van der Waals surface area contributed by atoms with Crippen LogP contribution in [0, 0.1) is 17.3 Å². The molecule has 0 aromatic heterocycles. The number of hydrogen-bond donors (Lipinski definition) is 1. The highest BCUT2D eigenvalue weighted by Gasteiger charge is 2.48. The van der Waals surface area contributed by atoms with Crippen molar-refractivity contribution in [3.8, 4) is 0 Å². The number of rotatable bonds is 5. The second-order valence-corrected chi connectivity index (χ2v) is 5.17. The lowest BCUT2D eigenvalue weighted by atomic mass is 9.72. The van der Waals surface area contributed by atoms with Gasteiger partial charge in [0.05, 0.1) is 5.41 Å². The lowest BCUT2D eigenvalue weighted by Crippen LogP contribution is -2.35. The van der Waals surface area contributed by atoms with Gasteiger partial charge < -0.3 is 5.11 Å². The minimum absolute atomic E-state index is 0.330. The van der Waals surface area contributed by atoms with Crippen LogP contribution in [0.1, 0.15) is 59.3 Å². The second kappa shape index (κ2) is 5.00. The number of hydrogen-bond acceptors (Lipinski definition) is 1. The molecule has 0 heterocycles. The summed E-state index contributed by atoms with van der Waals surface area (Å²) >= 11 is 0. The maximum atomic E-state index is 11.5. The van der Waals surface area contributed by atoms with Crippen molar-refractivity contribution in [2.45, 2.75) is 59.3 Å². The Hall–Kier alpha value is -0.530. The first-order valence-corrected chi connectivity index (χ1v) is 6.30. The highest BCUT2D eigenvalue weighted by Crippen LogP contribution is 2.49. The lowest BCUT2D eigenvalue weighted by molar-refractivity contribution is -0.152. The van der Waals surface area contributed by atoms with Crippen molar-refractivity contribution in [2.75, 3.05) is 0 Å². The van der Waals surface area contributed by atoms with Crippen LogP contribution in [-0.2, 0) is 4.79 Å². The highest BCUT2D eigenvalue weighted by molar-refractivity contribution is 5.75. The molecular weight excluding hydrogens is 188 g/mol. The monoisotopic (exact) mass is 212 g/mol. The lowest BCUT2D eigenvalue weighted by Gasteiger charge is -2.31. The zero-order valence-corrected chi connectivity index (χ0v) is 10.3. The quantitative estimate of drug-likeness (QED) is 0.754. The van der Waals surface area contributed by atoms with Crippen LogP contribution in [0.2, 0.25) is 0 Å². The van der Waals surface area contributed by atoms with E-state index in [-0.39, 0.29) is 0 Å². The SMILES string of the molecule is CCCC(C)C1(C(=O)O)CCC(CC)C1. The van der Waals surface area contributed by atoms with Gasteiger partial charge in [0.25, 0.3) is 0 Å². The molecule has 1 rings (SSSR count). The standard InChI is InChI=1S/C13H24O2/c1-4-6-10(3)13(12(14)15)8-7-11(5-2)9-13/h10-11H,4-9H2,1-3H3,(H,14,15). The summed E-state index contributed by atoms with van der Waals surface area (Å²) in [6.07, 6.45) is 6.17. The summed E-state index contributed by atoms with van der Waals surface area (Å²) in [6, 6.07) is 0. The fourth-order valence-corrected chi connectivity index (χ4v) is 3.09. The molecule has 3 unspecified atom stereocenters. The summed E-state index contributed by atoms with van der Waals surface area (Å²) in [6.45, 7) is 6.43. The summed E-state index contributed by atoms with van der Waals surface area (Å²) in [5.74, 6) is 0.413. The number of aliphatic carboxylic acids is 1. The molecule has 15 heavy (non-hydrogen) atoms. The number of carboxylic acid groups (broad SMARTS) is 1. The third kappa shape index (κ3) is 2.35. The summed E-state index contributed by atoms with van der Waals surface area (Å²) in [7, 11) is 0. The van der Waals surface area contributed by atoms with Gasteiger partial charge in [-0.25, -0.2) is 0 Å². The van der Waals surface area contributed by atoms with E-state index in [1.807, 2.05) is 0 Å². The van der Waals surface area contributed by atoms with Crippen LogP contribution >= 0.6 is 0 Å².